The van der Waals surface area contributed by atoms with Crippen molar-refractivity contribution in [3.05, 3.63) is 93.8 Å². The fourth-order valence-electron chi connectivity index (χ4n) is 4.28. The zero-order valence-corrected chi connectivity index (χ0v) is 17.9. The summed E-state index contributed by atoms with van der Waals surface area (Å²) in [5, 5.41) is 11.5. The third-order valence-corrected chi connectivity index (χ3v) is 5.68. The number of carbonyl (C=O) groups excluding carboxylic acids is 1. The van der Waals surface area contributed by atoms with E-state index in [-0.39, 0.29) is 18.2 Å². The maximum absolute atomic E-state index is 14.2. The van der Waals surface area contributed by atoms with Gasteiger partial charge in [-0.15, -0.1) is 0 Å². The van der Waals surface area contributed by atoms with Gasteiger partial charge in [-0.2, -0.15) is 0 Å². The summed E-state index contributed by atoms with van der Waals surface area (Å²) in [5.41, 5.74) is 4.84. The highest BCUT2D eigenvalue weighted by Crippen LogP contribution is 2.29. The standard InChI is InChI=1S/C26H24FNO4/c1-15-9-20(32-21-13-18-5-3-4-6-19(18)14-21)10-16(2)25(15)26(31)28-23-11-17(12-24(29)30)7-8-22(23)27/h3-11,21H,12-14H2,1-2H3,(H,28,31)(H,29,30). The van der Waals surface area contributed by atoms with Gasteiger partial charge in [0.05, 0.1) is 12.1 Å². The summed E-state index contributed by atoms with van der Waals surface area (Å²) >= 11 is 0. The second kappa shape index (κ2) is 8.83. The molecule has 1 aliphatic carbocycles. The van der Waals surface area contributed by atoms with Crippen LogP contribution >= 0.6 is 0 Å². The Kier molecular flexibility index (Phi) is 5.95. The average molecular weight is 433 g/mol. The monoisotopic (exact) mass is 433 g/mol. The van der Waals surface area contributed by atoms with Crippen LogP contribution in [0.3, 0.4) is 0 Å². The number of hydrogen-bond acceptors (Lipinski definition) is 3. The Labute approximate surface area is 185 Å². The van der Waals surface area contributed by atoms with E-state index in [0.717, 1.165) is 30.0 Å². The summed E-state index contributed by atoms with van der Waals surface area (Å²) < 4.78 is 20.4. The van der Waals surface area contributed by atoms with Crippen LogP contribution in [0.25, 0.3) is 0 Å². The topological polar surface area (TPSA) is 75.6 Å². The molecule has 0 heterocycles. The van der Waals surface area contributed by atoms with Gasteiger partial charge >= 0.3 is 5.97 Å². The van der Waals surface area contributed by atoms with Gasteiger partial charge in [0, 0.05) is 18.4 Å². The van der Waals surface area contributed by atoms with Gasteiger partial charge in [0.1, 0.15) is 17.7 Å². The van der Waals surface area contributed by atoms with Gasteiger partial charge in [-0.25, -0.2) is 4.39 Å². The predicted octanol–water partition coefficient (Wildman–Crippen LogP) is 4.87. The molecule has 1 amide bonds. The maximum Gasteiger partial charge on any atom is 0.307 e. The first kappa shape index (κ1) is 21.6. The van der Waals surface area contributed by atoms with E-state index in [0.29, 0.717) is 16.9 Å². The zero-order chi connectivity index (χ0) is 22.8. The smallest absolute Gasteiger partial charge is 0.307 e. The second-order valence-corrected chi connectivity index (χ2v) is 8.19. The molecule has 3 aromatic rings. The molecule has 0 spiro atoms. The molecule has 32 heavy (non-hydrogen) atoms. The largest absolute Gasteiger partial charge is 0.490 e. The van der Waals surface area contributed by atoms with E-state index >= 15 is 0 Å². The van der Waals surface area contributed by atoms with Crippen molar-refractivity contribution >= 4 is 17.6 Å². The Balaban J connectivity index is 1.50. The SMILES string of the molecule is Cc1cc(OC2Cc3ccccc3C2)cc(C)c1C(=O)Nc1cc(CC(=O)O)ccc1F. The average Bonchev–Trinajstić information content (AvgIpc) is 3.11. The molecular formula is C26H24FNO4. The molecule has 0 aliphatic heterocycles. The number of ether oxygens (including phenoxy) is 1. The third-order valence-electron chi connectivity index (χ3n) is 5.68. The molecule has 0 aromatic heterocycles. The summed E-state index contributed by atoms with van der Waals surface area (Å²) in [6.45, 7) is 3.63. The molecule has 2 N–H and O–H groups in total. The molecule has 0 unspecified atom stereocenters. The number of carbonyl (C=O) groups is 2. The molecule has 3 aromatic carbocycles. The van der Waals surface area contributed by atoms with Crippen LogP contribution in [0.5, 0.6) is 5.75 Å². The van der Waals surface area contributed by atoms with Crippen LogP contribution in [0, 0.1) is 19.7 Å². The second-order valence-electron chi connectivity index (χ2n) is 8.19. The fourth-order valence-corrected chi connectivity index (χ4v) is 4.28. The first-order valence-electron chi connectivity index (χ1n) is 10.5. The quantitative estimate of drug-likeness (QED) is 0.582. The number of hydrogen-bond donors (Lipinski definition) is 2. The Bertz CT molecular complexity index is 1160. The van der Waals surface area contributed by atoms with Gasteiger partial charge in [-0.05, 0) is 65.9 Å². The third kappa shape index (κ3) is 4.64. The lowest BCUT2D eigenvalue weighted by molar-refractivity contribution is -0.136. The van der Waals surface area contributed by atoms with Crippen molar-refractivity contribution in [2.45, 2.75) is 39.2 Å². The fraction of sp³-hybridized carbons (Fsp3) is 0.231. The van der Waals surface area contributed by atoms with Gasteiger partial charge in [-0.3, -0.25) is 9.59 Å². The van der Waals surface area contributed by atoms with E-state index in [1.54, 1.807) is 0 Å². The van der Waals surface area contributed by atoms with Gasteiger partial charge < -0.3 is 15.2 Å². The Hall–Kier alpha value is -3.67. The van der Waals surface area contributed by atoms with Crippen LogP contribution in [0.4, 0.5) is 10.1 Å². The van der Waals surface area contributed by atoms with Crippen LogP contribution in [0.2, 0.25) is 0 Å². The number of benzene rings is 3. The van der Waals surface area contributed by atoms with Crippen molar-refractivity contribution in [2.75, 3.05) is 5.32 Å². The summed E-state index contributed by atoms with van der Waals surface area (Å²) in [6, 6.07) is 15.8. The number of halogens is 1. The molecule has 164 valence electrons. The minimum Gasteiger partial charge on any atom is -0.490 e. The number of aryl methyl sites for hydroxylation is 2. The lowest BCUT2D eigenvalue weighted by atomic mass is 10.0. The van der Waals surface area contributed by atoms with E-state index in [1.165, 1.54) is 23.3 Å². The Morgan fingerprint density at radius 2 is 1.66 bits per heavy atom. The molecule has 0 radical (unpaired) electrons. The summed E-state index contributed by atoms with van der Waals surface area (Å²) in [6.07, 6.45) is 1.50. The molecule has 0 saturated heterocycles. The van der Waals surface area contributed by atoms with E-state index in [1.807, 2.05) is 38.1 Å². The number of amides is 1. The number of rotatable bonds is 6. The van der Waals surface area contributed by atoms with Crippen molar-refractivity contribution < 1.29 is 23.8 Å². The summed E-state index contributed by atoms with van der Waals surface area (Å²) in [5.74, 6) is -1.40. The molecule has 0 saturated carbocycles. The highest BCUT2D eigenvalue weighted by atomic mass is 19.1. The molecule has 0 atom stereocenters. The van der Waals surface area contributed by atoms with Crippen LogP contribution in [-0.2, 0) is 24.1 Å². The van der Waals surface area contributed by atoms with Gasteiger partial charge in [-0.1, -0.05) is 30.3 Å². The lowest BCUT2D eigenvalue weighted by Crippen LogP contribution is -2.18. The van der Waals surface area contributed by atoms with E-state index in [9.17, 15) is 14.0 Å². The number of aliphatic carboxylic acids is 1. The number of carboxylic acids is 1. The Morgan fingerprint density at radius 1 is 1.03 bits per heavy atom. The summed E-state index contributed by atoms with van der Waals surface area (Å²) in [4.78, 5) is 23.8. The van der Waals surface area contributed by atoms with Crippen molar-refractivity contribution in [1.82, 2.24) is 0 Å². The molecule has 0 fully saturated rings. The van der Waals surface area contributed by atoms with E-state index in [4.69, 9.17) is 9.84 Å². The van der Waals surface area contributed by atoms with E-state index < -0.39 is 17.7 Å². The van der Waals surface area contributed by atoms with Gasteiger partial charge in [0.2, 0.25) is 0 Å². The number of nitrogens with one attached hydrogen (secondary N) is 1. The van der Waals surface area contributed by atoms with Gasteiger partial charge in [0.25, 0.3) is 5.91 Å². The lowest BCUT2D eigenvalue weighted by Gasteiger charge is -2.17. The number of carboxylic acid groups (broad SMARTS) is 1. The minimum atomic E-state index is -1.03. The highest BCUT2D eigenvalue weighted by molar-refractivity contribution is 6.06. The van der Waals surface area contributed by atoms with Crippen molar-refractivity contribution in [1.29, 1.82) is 0 Å². The number of anilines is 1. The molecule has 4 rings (SSSR count). The predicted molar refractivity (Wildman–Crippen MR) is 120 cm³/mol. The maximum atomic E-state index is 14.2. The molecule has 0 bridgehead atoms. The minimum absolute atomic E-state index is 0.0448. The van der Waals surface area contributed by atoms with Crippen LogP contribution in [0.15, 0.2) is 54.6 Å². The molecule has 6 heteroatoms. The summed E-state index contributed by atoms with van der Waals surface area (Å²) in [7, 11) is 0. The van der Waals surface area contributed by atoms with Crippen LogP contribution in [0.1, 0.15) is 38.2 Å². The highest BCUT2D eigenvalue weighted by Gasteiger charge is 2.23. The molecular weight excluding hydrogens is 409 g/mol. The van der Waals surface area contributed by atoms with E-state index in [2.05, 4.69) is 17.4 Å². The first-order chi connectivity index (χ1) is 15.3. The normalized spacial score (nSPS) is 13.0. The van der Waals surface area contributed by atoms with Crippen LogP contribution in [-0.4, -0.2) is 23.1 Å². The zero-order valence-electron chi connectivity index (χ0n) is 17.9. The van der Waals surface area contributed by atoms with Gasteiger partial charge in [0.15, 0.2) is 0 Å². The van der Waals surface area contributed by atoms with Crippen molar-refractivity contribution in [3.8, 4) is 5.75 Å². The number of fused-ring (bicyclic) bond motifs is 1. The first-order valence-corrected chi connectivity index (χ1v) is 10.5. The molecule has 5 nitrogen and oxygen atoms in total. The van der Waals surface area contributed by atoms with Crippen LogP contribution < -0.4 is 10.1 Å². The van der Waals surface area contributed by atoms with Crippen molar-refractivity contribution in [2.24, 2.45) is 0 Å². The van der Waals surface area contributed by atoms with Crippen molar-refractivity contribution in [3.63, 3.8) is 0 Å². The Morgan fingerprint density at radius 3 is 2.25 bits per heavy atom. The molecule has 1 aliphatic rings.